The number of hydrogen-bond donors (Lipinski definition) is 1. The number of carbonyl (C=O) groups excluding carboxylic acids is 1. The Balaban J connectivity index is 1.45. The number of ether oxygens (including phenoxy) is 3. The minimum absolute atomic E-state index is 0.0516. The fraction of sp³-hybridized carbons (Fsp3) is 0.500. The maximum Gasteiger partial charge on any atom is 0.220 e. The lowest BCUT2D eigenvalue weighted by molar-refractivity contribution is -0.127. The molecule has 0 spiro atoms. The van der Waals surface area contributed by atoms with E-state index >= 15 is 0 Å². The maximum atomic E-state index is 11.7. The van der Waals surface area contributed by atoms with Gasteiger partial charge in [-0.2, -0.15) is 0 Å². The SMILES string of the molecule is O=C(CC1COC1)NCC1COc2ccccc2O1. The molecular weight excluding hydrogens is 246 g/mol. The summed E-state index contributed by atoms with van der Waals surface area (Å²) in [4.78, 5) is 11.7. The van der Waals surface area contributed by atoms with Crippen LogP contribution in [0.5, 0.6) is 11.5 Å². The van der Waals surface area contributed by atoms with Gasteiger partial charge in [0.05, 0.1) is 19.8 Å². The first-order valence-corrected chi connectivity index (χ1v) is 6.54. The first kappa shape index (κ1) is 12.3. The van der Waals surface area contributed by atoms with Crippen LogP contribution in [0.4, 0.5) is 0 Å². The average Bonchev–Trinajstić information content (AvgIpc) is 2.40. The third kappa shape index (κ3) is 2.98. The Hall–Kier alpha value is -1.75. The largest absolute Gasteiger partial charge is 0.486 e. The number of para-hydroxylation sites is 2. The highest BCUT2D eigenvalue weighted by Gasteiger charge is 2.24. The second-order valence-corrected chi connectivity index (χ2v) is 4.91. The number of nitrogens with one attached hydrogen (secondary N) is 1. The molecule has 2 aliphatic rings. The molecule has 3 rings (SSSR count). The standard InChI is InChI=1S/C14H17NO4/c16-14(5-10-7-17-8-10)15-6-11-9-18-12-3-1-2-4-13(12)19-11/h1-4,10-11H,5-9H2,(H,15,16). The molecule has 1 amide bonds. The highest BCUT2D eigenvalue weighted by Crippen LogP contribution is 2.30. The van der Waals surface area contributed by atoms with Crippen molar-refractivity contribution in [1.29, 1.82) is 0 Å². The topological polar surface area (TPSA) is 56.8 Å². The molecule has 0 aromatic heterocycles. The fourth-order valence-electron chi connectivity index (χ4n) is 2.13. The molecule has 19 heavy (non-hydrogen) atoms. The van der Waals surface area contributed by atoms with Gasteiger partial charge in [0, 0.05) is 12.3 Å². The van der Waals surface area contributed by atoms with Crippen LogP contribution in [0.2, 0.25) is 0 Å². The van der Waals surface area contributed by atoms with Crippen LogP contribution in [-0.4, -0.2) is 38.4 Å². The Bertz CT molecular complexity index is 459. The Morgan fingerprint density at radius 3 is 2.74 bits per heavy atom. The first-order valence-electron chi connectivity index (χ1n) is 6.54. The molecular formula is C14H17NO4. The van der Waals surface area contributed by atoms with Gasteiger partial charge in [0.25, 0.3) is 0 Å². The Morgan fingerprint density at radius 1 is 1.21 bits per heavy atom. The van der Waals surface area contributed by atoms with Crippen LogP contribution >= 0.6 is 0 Å². The predicted molar refractivity (Wildman–Crippen MR) is 68.3 cm³/mol. The minimum atomic E-state index is -0.128. The molecule has 0 saturated carbocycles. The van der Waals surface area contributed by atoms with Crippen molar-refractivity contribution in [2.24, 2.45) is 5.92 Å². The smallest absolute Gasteiger partial charge is 0.220 e. The molecule has 2 aliphatic heterocycles. The molecule has 1 unspecified atom stereocenters. The van der Waals surface area contributed by atoms with Crippen LogP contribution in [0, 0.1) is 5.92 Å². The number of benzene rings is 1. The zero-order chi connectivity index (χ0) is 13.1. The summed E-state index contributed by atoms with van der Waals surface area (Å²) >= 11 is 0. The first-order chi connectivity index (χ1) is 9.31. The van der Waals surface area contributed by atoms with E-state index in [4.69, 9.17) is 14.2 Å². The van der Waals surface area contributed by atoms with E-state index < -0.39 is 0 Å². The van der Waals surface area contributed by atoms with Crippen LogP contribution in [-0.2, 0) is 9.53 Å². The monoisotopic (exact) mass is 263 g/mol. The quantitative estimate of drug-likeness (QED) is 0.879. The number of rotatable bonds is 4. The molecule has 1 aromatic carbocycles. The normalized spacial score (nSPS) is 21.6. The second-order valence-electron chi connectivity index (χ2n) is 4.91. The van der Waals surface area contributed by atoms with E-state index in [0.717, 1.165) is 11.5 Å². The molecule has 1 aromatic rings. The lowest BCUT2D eigenvalue weighted by Gasteiger charge is -2.28. The second kappa shape index (κ2) is 5.48. The van der Waals surface area contributed by atoms with E-state index in [1.54, 1.807) is 0 Å². The van der Waals surface area contributed by atoms with Crippen molar-refractivity contribution in [2.45, 2.75) is 12.5 Å². The van der Waals surface area contributed by atoms with E-state index in [9.17, 15) is 4.79 Å². The predicted octanol–water partition coefficient (Wildman–Crippen LogP) is 0.979. The minimum Gasteiger partial charge on any atom is -0.486 e. The van der Waals surface area contributed by atoms with Gasteiger partial charge in [0.15, 0.2) is 11.5 Å². The third-order valence-corrected chi connectivity index (χ3v) is 3.28. The lowest BCUT2D eigenvalue weighted by atomic mass is 10.0. The van der Waals surface area contributed by atoms with Crippen molar-refractivity contribution in [3.05, 3.63) is 24.3 Å². The summed E-state index contributed by atoms with van der Waals surface area (Å²) in [6.07, 6.45) is 0.404. The van der Waals surface area contributed by atoms with Gasteiger partial charge in [0.2, 0.25) is 5.91 Å². The van der Waals surface area contributed by atoms with Crippen LogP contribution in [0.3, 0.4) is 0 Å². The zero-order valence-corrected chi connectivity index (χ0v) is 10.6. The van der Waals surface area contributed by atoms with Gasteiger partial charge in [-0.05, 0) is 12.1 Å². The summed E-state index contributed by atoms with van der Waals surface area (Å²) in [6, 6.07) is 7.56. The van der Waals surface area contributed by atoms with Gasteiger partial charge in [-0.3, -0.25) is 4.79 Å². The molecule has 1 fully saturated rings. The number of amides is 1. The number of carbonyl (C=O) groups is 1. The van der Waals surface area contributed by atoms with Gasteiger partial charge in [-0.1, -0.05) is 12.1 Å². The van der Waals surface area contributed by atoms with Crippen LogP contribution < -0.4 is 14.8 Å². The van der Waals surface area contributed by atoms with Crippen molar-refractivity contribution in [3.63, 3.8) is 0 Å². The van der Waals surface area contributed by atoms with Crippen molar-refractivity contribution in [2.75, 3.05) is 26.4 Å². The van der Waals surface area contributed by atoms with Crippen molar-refractivity contribution in [3.8, 4) is 11.5 Å². The molecule has 1 N–H and O–H groups in total. The van der Waals surface area contributed by atoms with Gasteiger partial charge < -0.3 is 19.5 Å². The molecule has 5 heteroatoms. The van der Waals surface area contributed by atoms with Crippen molar-refractivity contribution < 1.29 is 19.0 Å². The zero-order valence-electron chi connectivity index (χ0n) is 10.6. The summed E-state index contributed by atoms with van der Waals surface area (Å²) in [5, 5.41) is 2.88. The molecule has 102 valence electrons. The molecule has 1 saturated heterocycles. The van der Waals surface area contributed by atoms with Crippen molar-refractivity contribution in [1.82, 2.24) is 5.32 Å². The molecule has 0 radical (unpaired) electrons. The van der Waals surface area contributed by atoms with Gasteiger partial charge in [0.1, 0.15) is 12.7 Å². The van der Waals surface area contributed by atoms with E-state index in [1.165, 1.54) is 0 Å². The highest BCUT2D eigenvalue weighted by atomic mass is 16.6. The van der Waals surface area contributed by atoms with Crippen molar-refractivity contribution >= 4 is 5.91 Å². The maximum absolute atomic E-state index is 11.7. The Labute approximate surface area is 111 Å². The summed E-state index contributed by atoms with van der Waals surface area (Å²) in [6.45, 7) is 2.33. The summed E-state index contributed by atoms with van der Waals surface area (Å²) in [7, 11) is 0. The molecule has 5 nitrogen and oxygen atoms in total. The Kier molecular flexibility index (Phi) is 3.55. The van der Waals surface area contributed by atoms with E-state index in [2.05, 4.69) is 5.32 Å². The summed E-state index contributed by atoms with van der Waals surface area (Å²) < 4.78 is 16.4. The Morgan fingerprint density at radius 2 is 2.00 bits per heavy atom. The highest BCUT2D eigenvalue weighted by molar-refractivity contribution is 5.76. The fourth-order valence-corrected chi connectivity index (χ4v) is 2.13. The van der Waals surface area contributed by atoms with E-state index in [0.29, 0.717) is 38.7 Å². The molecule has 2 heterocycles. The van der Waals surface area contributed by atoms with Gasteiger partial charge in [-0.15, -0.1) is 0 Å². The summed E-state index contributed by atoms with van der Waals surface area (Å²) in [5.74, 6) is 1.93. The molecule has 1 atom stereocenters. The number of hydrogen-bond acceptors (Lipinski definition) is 4. The number of fused-ring (bicyclic) bond motifs is 1. The van der Waals surface area contributed by atoms with Gasteiger partial charge >= 0.3 is 0 Å². The molecule has 0 aliphatic carbocycles. The van der Waals surface area contributed by atoms with Gasteiger partial charge in [-0.25, -0.2) is 0 Å². The third-order valence-electron chi connectivity index (χ3n) is 3.28. The van der Waals surface area contributed by atoms with Crippen LogP contribution in [0.1, 0.15) is 6.42 Å². The lowest BCUT2D eigenvalue weighted by Crippen LogP contribution is -2.42. The molecule has 0 bridgehead atoms. The van der Waals surface area contributed by atoms with E-state index in [1.807, 2.05) is 24.3 Å². The van der Waals surface area contributed by atoms with E-state index in [-0.39, 0.29) is 12.0 Å². The summed E-state index contributed by atoms with van der Waals surface area (Å²) in [5.41, 5.74) is 0. The van der Waals surface area contributed by atoms with Crippen LogP contribution in [0.25, 0.3) is 0 Å². The average molecular weight is 263 g/mol. The van der Waals surface area contributed by atoms with Crippen LogP contribution in [0.15, 0.2) is 24.3 Å².